The van der Waals surface area contributed by atoms with E-state index in [0.717, 1.165) is 0 Å². The van der Waals surface area contributed by atoms with Gasteiger partial charge in [0.2, 0.25) is 0 Å². The van der Waals surface area contributed by atoms with Gasteiger partial charge in [0.25, 0.3) is 0 Å². The van der Waals surface area contributed by atoms with Gasteiger partial charge in [0.1, 0.15) is 11.3 Å². The van der Waals surface area contributed by atoms with Crippen LogP contribution in [0.4, 0.5) is 0 Å². The van der Waals surface area contributed by atoms with Gasteiger partial charge in [-0.05, 0) is 32.1 Å². The van der Waals surface area contributed by atoms with Gasteiger partial charge in [0.15, 0.2) is 0 Å². The van der Waals surface area contributed by atoms with Gasteiger partial charge < -0.3 is 9.26 Å². The van der Waals surface area contributed by atoms with Gasteiger partial charge in [-0.1, -0.05) is 18.5 Å². The molecule has 0 spiro atoms. The molecule has 1 heterocycles. The van der Waals surface area contributed by atoms with Gasteiger partial charge in [0.05, 0.1) is 12.3 Å². The smallest absolute Gasteiger partial charge is 0.343 e. The highest BCUT2D eigenvalue weighted by molar-refractivity contribution is 5.91. The van der Waals surface area contributed by atoms with E-state index in [9.17, 15) is 4.79 Å². The highest BCUT2D eigenvalue weighted by Gasteiger charge is 2.23. The zero-order valence-electron chi connectivity index (χ0n) is 9.78. The molecule has 1 aliphatic carbocycles. The van der Waals surface area contributed by atoms with Crippen molar-refractivity contribution in [2.75, 3.05) is 6.61 Å². The van der Waals surface area contributed by atoms with E-state index in [1.165, 1.54) is 19.3 Å². The van der Waals surface area contributed by atoms with Crippen molar-refractivity contribution in [3.63, 3.8) is 0 Å². The molecule has 0 aromatic carbocycles. The highest BCUT2D eigenvalue weighted by atomic mass is 16.5. The van der Waals surface area contributed by atoms with Crippen molar-refractivity contribution in [1.82, 2.24) is 5.16 Å². The lowest BCUT2D eigenvalue weighted by Gasteiger charge is -2.24. The monoisotopic (exact) mass is 223 g/mol. The van der Waals surface area contributed by atoms with Gasteiger partial charge >= 0.3 is 5.97 Å². The molecule has 0 saturated heterocycles. The molecule has 4 nitrogen and oxygen atoms in total. The first-order chi connectivity index (χ1) is 7.72. The third kappa shape index (κ3) is 2.10. The Morgan fingerprint density at radius 1 is 1.56 bits per heavy atom. The second-order valence-electron chi connectivity index (χ2n) is 4.31. The number of ether oxygens (including phenoxy) is 1. The predicted molar refractivity (Wildman–Crippen MR) is 58.2 cm³/mol. The number of carbonyl (C=O) groups is 1. The van der Waals surface area contributed by atoms with Crippen molar-refractivity contribution in [1.29, 1.82) is 0 Å². The summed E-state index contributed by atoms with van der Waals surface area (Å²) >= 11 is 0. The first-order valence-electron chi connectivity index (χ1n) is 5.84. The van der Waals surface area contributed by atoms with Crippen LogP contribution >= 0.6 is 0 Å². The van der Waals surface area contributed by atoms with Crippen molar-refractivity contribution in [3.05, 3.63) is 17.0 Å². The molecule has 1 aliphatic rings. The van der Waals surface area contributed by atoms with Gasteiger partial charge in [0, 0.05) is 0 Å². The van der Waals surface area contributed by atoms with Crippen molar-refractivity contribution in [2.24, 2.45) is 5.92 Å². The molecule has 1 fully saturated rings. The van der Waals surface area contributed by atoms with Crippen LogP contribution < -0.4 is 0 Å². The zero-order valence-corrected chi connectivity index (χ0v) is 9.78. The lowest BCUT2D eigenvalue weighted by molar-refractivity contribution is 0.0368. The van der Waals surface area contributed by atoms with Crippen LogP contribution in [0.15, 0.2) is 4.52 Å². The topological polar surface area (TPSA) is 52.3 Å². The molecule has 1 saturated carbocycles. The minimum absolute atomic E-state index is 0.289. The molecule has 4 heteroatoms. The first-order valence-corrected chi connectivity index (χ1v) is 5.84. The van der Waals surface area contributed by atoms with Crippen molar-refractivity contribution in [3.8, 4) is 0 Å². The number of esters is 1. The standard InChI is InChI=1S/C12H17NO3/c1-3-10-11(8(2)16-13-10)12(14)15-7-9-5-4-6-9/h9H,3-7H2,1-2H3. The van der Waals surface area contributed by atoms with Gasteiger partial charge in [-0.15, -0.1) is 0 Å². The molecule has 0 atom stereocenters. The van der Waals surface area contributed by atoms with E-state index in [-0.39, 0.29) is 5.97 Å². The Kier molecular flexibility index (Phi) is 3.27. The largest absolute Gasteiger partial charge is 0.462 e. The Labute approximate surface area is 95.0 Å². The average Bonchev–Trinajstić information content (AvgIpc) is 2.57. The maximum atomic E-state index is 11.8. The number of hydrogen-bond acceptors (Lipinski definition) is 4. The average molecular weight is 223 g/mol. The Hall–Kier alpha value is -1.32. The van der Waals surface area contributed by atoms with Crippen molar-refractivity contribution >= 4 is 5.97 Å². The number of aromatic nitrogens is 1. The Morgan fingerprint density at radius 2 is 2.31 bits per heavy atom. The number of carbonyl (C=O) groups excluding carboxylic acids is 1. The second-order valence-corrected chi connectivity index (χ2v) is 4.31. The minimum atomic E-state index is -0.289. The zero-order chi connectivity index (χ0) is 11.5. The maximum absolute atomic E-state index is 11.8. The Balaban J connectivity index is 1.98. The molecule has 0 aliphatic heterocycles. The summed E-state index contributed by atoms with van der Waals surface area (Å²) in [6.45, 7) is 4.22. The van der Waals surface area contributed by atoms with Gasteiger partial charge in [-0.3, -0.25) is 0 Å². The van der Waals surface area contributed by atoms with E-state index in [1.807, 2.05) is 6.92 Å². The summed E-state index contributed by atoms with van der Waals surface area (Å²) in [5.41, 5.74) is 1.21. The maximum Gasteiger partial charge on any atom is 0.343 e. The van der Waals surface area contributed by atoms with E-state index >= 15 is 0 Å². The molecule has 0 bridgehead atoms. The summed E-state index contributed by atoms with van der Waals surface area (Å²) < 4.78 is 10.3. The number of rotatable bonds is 4. The summed E-state index contributed by atoms with van der Waals surface area (Å²) in [6.07, 6.45) is 4.30. The van der Waals surface area contributed by atoms with E-state index in [4.69, 9.17) is 9.26 Å². The predicted octanol–water partition coefficient (Wildman–Crippen LogP) is 2.50. The summed E-state index contributed by atoms with van der Waals surface area (Å²) in [5.74, 6) is 0.826. The van der Waals surface area contributed by atoms with Crippen molar-refractivity contribution in [2.45, 2.75) is 39.5 Å². The van der Waals surface area contributed by atoms with Crippen LogP contribution in [0.2, 0.25) is 0 Å². The summed E-state index contributed by atoms with van der Waals surface area (Å²) in [5, 5.41) is 3.84. The molecular formula is C12H17NO3. The van der Waals surface area contributed by atoms with Crippen LogP contribution in [0.5, 0.6) is 0 Å². The molecule has 0 amide bonds. The lowest BCUT2D eigenvalue weighted by atomic mass is 9.86. The molecule has 16 heavy (non-hydrogen) atoms. The molecular weight excluding hydrogens is 206 g/mol. The summed E-state index contributed by atoms with van der Waals surface area (Å²) in [4.78, 5) is 11.8. The Bertz CT molecular complexity index is 380. The Morgan fingerprint density at radius 3 is 2.88 bits per heavy atom. The summed E-state index contributed by atoms with van der Waals surface area (Å²) in [6, 6.07) is 0. The fraction of sp³-hybridized carbons (Fsp3) is 0.667. The van der Waals surface area contributed by atoms with Crippen molar-refractivity contribution < 1.29 is 14.1 Å². The van der Waals surface area contributed by atoms with E-state index in [0.29, 0.717) is 36.0 Å². The fourth-order valence-corrected chi connectivity index (χ4v) is 1.85. The van der Waals surface area contributed by atoms with E-state index < -0.39 is 0 Å². The van der Waals surface area contributed by atoms with Gasteiger partial charge in [-0.2, -0.15) is 0 Å². The fourth-order valence-electron chi connectivity index (χ4n) is 1.85. The normalized spacial score (nSPS) is 15.9. The first kappa shape index (κ1) is 11.2. The SMILES string of the molecule is CCc1noc(C)c1C(=O)OCC1CCC1. The third-order valence-corrected chi connectivity index (χ3v) is 3.15. The second kappa shape index (κ2) is 4.68. The van der Waals surface area contributed by atoms with Crippen LogP contribution in [0.3, 0.4) is 0 Å². The molecule has 0 unspecified atom stereocenters. The quantitative estimate of drug-likeness (QED) is 0.736. The van der Waals surface area contributed by atoms with E-state index in [2.05, 4.69) is 5.16 Å². The van der Waals surface area contributed by atoms with Crippen LogP contribution in [-0.4, -0.2) is 17.7 Å². The number of nitrogens with zero attached hydrogens (tertiary/aromatic N) is 1. The number of hydrogen-bond donors (Lipinski definition) is 0. The van der Waals surface area contributed by atoms with E-state index in [1.54, 1.807) is 6.92 Å². The van der Waals surface area contributed by atoms with Gasteiger partial charge in [-0.25, -0.2) is 4.79 Å². The van der Waals surface area contributed by atoms with Crippen LogP contribution in [-0.2, 0) is 11.2 Å². The van der Waals surface area contributed by atoms with Crippen LogP contribution in [0.25, 0.3) is 0 Å². The minimum Gasteiger partial charge on any atom is -0.462 e. The molecule has 0 radical (unpaired) electrons. The molecule has 88 valence electrons. The van der Waals surface area contributed by atoms with Crippen LogP contribution in [0, 0.1) is 12.8 Å². The molecule has 2 rings (SSSR count). The molecule has 0 N–H and O–H groups in total. The van der Waals surface area contributed by atoms with Crippen LogP contribution in [0.1, 0.15) is 48.0 Å². The molecule has 1 aromatic heterocycles. The lowest BCUT2D eigenvalue weighted by Crippen LogP contribution is -2.20. The molecule has 1 aromatic rings. The highest BCUT2D eigenvalue weighted by Crippen LogP contribution is 2.27. The number of aryl methyl sites for hydroxylation is 2. The summed E-state index contributed by atoms with van der Waals surface area (Å²) in [7, 11) is 0. The third-order valence-electron chi connectivity index (χ3n) is 3.15.